The maximum atomic E-state index is 12.0. The Morgan fingerprint density at radius 1 is 1.12 bits per heavy atom. The number of hydrogen-bond acceptors (Lipinski definition) is 4. The van der Waals surface area contributed by atoms with Gasteiger partial charge in [0.25, 0.3) is 5.91 Å². The molecule has 26 heavy (non-hydrogen) atoms. The van der Waals surface area contributed by atoms with Gasteiger partial charge < -0.3 is 15.0 Å². The first-order valence-corrected chi connectivity index (χ1v) is 8.30. The standard InChI is InChI=1S/C18H13Cl2N3O3/c19-13-5-6-14(20)15(9-13)23-16(24)10-26-18(25)12-3-1-11(2-4-12)17-21-7-8-22-17/h1-9H,10H2,(H,21,22)(H,23,24). The van der Waals surface area contributed by atoms with Gasteiger partial charge in [0.1, 0.15) is 5.82 Å². The minimum atomic E-state index is -0.608. The van der Waals surface area contributed by atoms with Gasteiger partial charge in [-0.15, -0.1) is 0 Å². The summed E-state index contributed by atoms with van der Waals surface area (Å²) in [4.78, 5) is 31.1. The Hall–Kier alpha value is -2.83. The first-order valence-electron chi connectivity index (χ1n) is 7.55. The van der Waals surface area contributed by atoms with Crippen molar-refractivity contribution in [1.82, 2.24) is 9.97 Å². The zero-order valence-corrected chi connectivity index (χ0v) is 14.8. The first kappa shape index (κ1) is 18.0. The number of esters is 1. The van der Waals surface area contributed by atoms with E-state index in [0.29, 0.717) is 27.1 Å². The van der Waals surface area contributed by atoms with Crippen molar-refractivity contribution in [2.45, 2.75) is 0 Å². The van der Waals surface area contributed by atoms with Gasteiger partial charge in [0.15, 0.2) is 6.61 Å². The minimum absolute atomic E-state index is 0.328. The normalized spacial score (nSPS) is 10.4. The van der Waals surface area contributed by atoms with Crippen LogP contribution in [0.25, 0.3) is 11.4 Å². The molecule has 132 valence electrons. The number of aromatic nitrogens is 2. The molecule has 1 amide bonds. The average Bonchev–Trinajstić information content (AvgIpc) is 3.17. The Labute approximate surface area is 159 Å². The van der Waals surface area contributed by atoms with E-state index < -0.39 is 18.5 Å². The predicted octanol–water partition coefficient (Wildman–Crippen LogP) is 4.18. The summed E-state index contributed by atoms with van der Waals surface area (Å²) in [5.74, 6) is -0.430. The highest BCUT2D eigenvalue weighted by Gasteiger charge is 2.12. The minimum Gasteiger partial charge on any atom is -0.452 e. The van der Waals surface area contributed by atoms with Gasteiger partial charge in [-0.3, -0.25) is 4.79 Å². The van der Waals surface area contributed by atoms with Crippen LogP contribution in [0.2, 0.25) is 10.0 Å². The fraction of sp³-hybridized carbons (Fsp3) is 0.0556. The monoisotopic (exact) mass is 389 g/mol. The molecule has 0 bridgehead atoms. The molecule has 0 radical (unpaired) electrons. The third-order valence-corrected chi connectivity index (χ3v) is 3.99. The lowest BCUT2D eigenvalue weighted by atomic mass is 10.1. The Balaban J connectivity index is 1.56. The molecular weight excluding hydrogens is 377 g/mol. The van der Waals surface area contributed by atoms with Crippen LogP contribution in [0.5, 0.6) is 0 Å². The zero-order chi connectivity index (χ0) is 18.5. The number of carbonyl (C=O) groups is 2. The molecule has 0 aliphatic carbocycles. The summed E-state index contributed by atoms with van der Waals surface area (Å²) in [6.07, 6.45) is 3.35. The highest BCUT2D eigenvalue weighted by atomic mass is 35.5. The van der Waals surface area contributed by atoms with E-state index in [4.69, 9.17) is 27.9 Å². The Kier molecular flexibility index (Phi) is 5.55. The number of aromatic amines is 1. The number of hydrogen-bond donors (Lipinski definition) is 2. The van der Waals surface area contributed by atoms with Crippen LogP contribution in [0.15, 0.2) is 54.9 Å². The van der Waals surface area contributed by atoms with Crippen LogP contribution < -0.4 is 5.32 Å². The molecule has 3 rings (SSSR count). The predicted molar refractivity (Wildman–Crippen MR) is 99.4 cm³/mol. The van der Waals surface area contributed by atoms with Crippen LogP contribution in [-0.2, 0) is 9.53 Å². The number of H-pyrrole nitrogens is 1. The second-order valence-corrected chi connectivity index (χ2v) is 6.11. The van der Waals surface area contributed by atoms with Gasteiger partial charge in [-0.1, -0.05) is 35.3 Å². The molecule has 0 saturated heterocycles. The van der Waals surface area contributed by atoms with Gasteiger partial charge in [0.2, 0.25) is 0 Å². The maximum absolute atomic E-state index is 12.0. The smallest absolute Gasteiger partial charge is 0.338 e. The SMILES string of the molecule is O=C(COC(=O)c1ccc(-c2ncc[nH]2)cc1)Nc1cc(Cl)ccc1Cl. The molecule has 0 aliphatic rings. The molecule has 8 heteroatoms. The first-order chi connectivity index (χ1) is 12.5. The van der Waals surface area contributed by atoms with Gasteiger partial charge >= 0.3 is 5.97 Å². The van der Waals surface area contributed by atoms with Gasteiger partial charge in [-0.25, -0.2) is 9.78 Å². The third kappa shape index (κ3) is 4.41. The van der Waals surface area contributed by atoms with Crippen molar-refractivity contribution in [3.63, 3.8) is 0 Å². The van der Waals surface area contributed by atoms with Crippen molar-refractivity contribution in [2.24, 2.45) is 0 Å². The van der Waals surface area contributed by atoms with Crippen molar-refractivity contribution in [3.05, 3.63) is 70.5 Å². The lowest BCUT2D eigenvalue weighted by Crippen LogP contribution is -2.21. The molecule has 0 aliphatic heterocycles. The molecular formula is C18H13Cl2N3O3. The molecule has 0 saturated carbocycles. The number of benzene rings is 2. The van der Waals surface area contributed by atoms with Crippen molar-refractivity contribution in [2.75, 3.05) is 11.9 Å². The quantitative estimate of drug-likeness (QED) is 0.641. The van der Waals surface area contributed by atoms with E-state index in [-0.39, 0.29) is 0 Å². The number of anilines is 1. The van der Waals surface area contributed by atoms with E-state index in [9.17, 15) is 9.59 Å². The molecule has 1 heterocycles. The largest absolute Gasteiger partial charge is 0.452 e. The Morgan fingerprint density at radius 2 is 1.88 bits per heavy atom. The molecule has 3 aromatic rings. The molecule has 0 spiro atoms. The van der Waals surface area contributed by atoms with E-state index >= 15 is 0 Å². The number of rotatable bonds is 5. The summed E-state index contributed by atoms with van der Waals surface area (Å²) >= 11 is 11.8. The highest BCUT2D eigenvalue weighted by Crippen LogP contribution is 2.25. The van der Waals surface area contributed by atoms with Crippen LogP contribution in [0.1, 0.15) is 10.4 Å². The lowest BCUT2D eigenvalue weighted by Gasteiger charge is -2.08. The van der Waals surface area contributed by atoms with Crippen molar-refractivity contribution in [3.8, 4) is 11.4 Å². The topological polar surface area (TPSA) is 84.1 Å². The number of nitrogens with zero attached hydrogens (tertiary/aromatic N) is 1. The average molecular weight is 390 g/mol. The number of imidazole rings is 1. The van der Waals surface area contributed by atoms with Gasteiger partial charge in [-0.05, 0) is 30.3 Å². The van der Waals surface area contributed by atoms with E-state index in [1.54, 1.807) is 48.8 Å². The summed E-state index contributed by atoms with van der Waals surface area (Å²) in [6, 6.07) is 11.4. The number of amides is 1. The van der Waals surface area contributed by atoms with Crippen LogP contribution in [0.3, 0.4) is 0 Å². The molecule has 6 nitrogen and oxygen atoms in total. The second kappa shape index (κ2) is 8.03. The number of carbonyl (C=O) groups excluding carboxylic acids is 2. The zero-order valence-electron chi connectivity index (χ0n) is 13.3. The van der Waals surface area contributed by atoms with E-state index in [0.717, 1.165) is 5.56 Å². The number of ether oxygens (including phenoxy) is 1. The summed E-state index contributed by atoms with van der Waals surface area (Å²) in [5, 5.41) is 3.31. The van der Waals surface area contributed by atoms with Gasteiger partial charge in [-0.2, -0.15) is 0 Å². The number of halogens is 2. The van der Waals surface area contributed by atoms with E-state index in [1.807, 2.05) is 0 Å². The molecule has 0 fully saturated rings. The van der Waals surface area contributed by atoms with Crippen LogP contribution in [-0.4, -0.2) is 28.5 Å². The van der Waals surface area contributed by atoms with Crippen LogP contribution in [0, 0.1) is 0 Å². The molecule has 1 aromatic heterocycles. The fourth-order valence-electron chi connectivity index (χ4n) is 2.18. The molecule has 2 aromatic carbocycles. The Morgan fingerprint density at radius 3 is 2.58 bits per heavy atom. The summed E-state index contributed by atoms with van der Waals surface area (Å²) < 4.78 is 5.01. The van der Waals surface area contributed by atoms with Crippen molar-refractivity contribution >= 4 is 40.8 Å². The summed E-state index contributed by atoms with van der Waals surface area (Å²) in [5.41, 5.74) is 1.51. The summed E-state index contributed by atoms with van der Waals surface area (Å²) in [6.45, 7) is -0.443. The second-order valence-electron chi connectivity index (χ2n) is 5.26. The van der Waals surface area contributed by atoms with E-state index in [2.05, 4.69) is 15.3 Å². The van der Waals surface area contributed by atoms with Crippen LogP contribution >= 0.6 is 23.2 Å². The van der Waals surface area contributed by atoms with Crippen LogP contribution in [0.4, 0.5) is 5.69 Å². The van der Waals surface area contributed by atoms with E-state index in [1.165, 1.54) is 6.07 Å². The van der Waals surface area contributed by atoms with Gasteiger partial charge in [0, 0.05) is 23.0 Å². The third-order valence-electron chi connectivity index (χ3n) is 3.43. The molecule has 0 atom stereocenters. The lowest BCUT2D eigenvalue weighted by molar-refractivity contribution is -0.119. The molecule has 0 unspecified atom stereocenters. The van der Waals surface area contributed by atoms with Crippen molar-refractivity contribution < 1.29 is 14.3 Å². The Bertz CT molecular complexity index is 925. The van der Waals surface area contributed by atoms with Gasteiger partial charge in [0.05, 0.1) is 16.3 Å². The maximum Gasteiger partial charge on any atom is 0.338 e. The molecule has 2 N–H and O–H groups in total. The highest BCUT2D eigenvalue weighted by molar-refractivity contribution is 6.35. The fourth-order valence-corrected chi connectivity index (χ4v) is 2.52. The van der Waals surface area contributed by atoms with Crippen molar-refractivity contribution in [1.29, 1.82) is 0 Å². The summed E-state index contributed by atoms with van der Waals surface area (Å²) in [7, 11) is 0. The number of nitrogens with one attached hydrogen (secondary N) is 2.